The van der Waals surface area contributed by atoms with Gasteiger partial charge in [-0.1, -0.05) is 23.4 Å². The molecule has 5 nitrogen and oxygen atoms in total. The van der Waals surface area contributed by atoms with E-state index >= 15 is 0 Å². The van der Waals surface area contributed by atoms with Gasteiger partial charge in [0.2, 0.25) is 0 Å². The molecule has 2 aromatic carbocycles. The molecule has 140 valence electrons. The molecule has 0 radical (unpaired) electrons. The van der Waals surface area contributed by atoms with E-state index in [4.69, 9.17) is 0 Å². The van der Waals surface area contributed by atoms with Crippen molar-refractivity contribution in [1.29, 1.82) is 0 Å². The third kappa shape index (κ3) is 4.01. The first-order chi connectivity index (χ1) is 13.1. The van der Waals surface area contributed by atoms with Gasteiger partial charge in [-0.2, -0.15) is 0 Å². The number of rotatable bonds is 4. The van der Waals surface area contributed by atoms with E-state index in [0.29, 0.717) is 23.9 Å². The van der Waals surface area contributed by atoms with Crippen molar-refractivity contribution in [2.75, 3.05) is 13.1 Å². The first kappa shape index (κ1) is 17.7. The molecule has 1 saturated heterocycles. The van der Waals surface area contributed by atoms with E-state index in [1.807, 2.05) is 19.1 Å². The van der Waals surface area contributed by atoms with Gasteiger partial charge < -0.3 is 5.11 Å². The van der Waals surface area contributed by atoms with E-state index in [1.54, 1.807) is 24.4 Å². The summed E-state index contributed by atoms with van der Waals surface area (Å²) >= 11 is 0. The van der Waals surface area contributed by atoms with Crippen molar-refractivity contribution in [1.82, 2.24) is 19.9 Å². The van der Waals surface area contributed by atoms with Gasteiger partial charge in [0.15, 0.2) is 0 Å². The zero-order valence-corrected chi connectivity index (χ0v) is 15.3. The van der Waals surface area contributed by atoms with Crippen LogP contribution in [0, 0.1) is 12.7 Å². The molecular weight excluding hydrogens is 343 g/mol. The van der Waals surface area contributed by atoms with Gasteiger partial charge in [0, 0.05) is 6.54 Å². The molecule has 1 N–H and O–H groups in total. The Hall–Kier alpha value is -2.73. The summed E-state index contributed by atoms with van der Waals surface area (Å²) in [7, 11) is 0. The average molecular weight is 366 g/mol. The summed E-state index contributed by atoms with van der Waals surface area (Å²) < 4.78 is 15.6. The first-order valence-electron chi connectivity index (χ1n) is 9.27. The number of aromatic nitrogens is 3. The molecule has 0 aliphatic carbocycles. The standard InChI is InChI=1S/C21H23FN4O/c1-15-5-6-20(22)21(11-15)26-14-18(23-24-26)13-25-9-7-16(8-10-25)17-3-2-4-19(27)12-17/h2-6,11-12,14,16,27H,7-10,13H2,1H3. The second kappa shape index (κ2) is 7.48. The molecule has 2 heterocycles. The van der Waals surface area contributed by atoms with Crippen LogP contribution in [0.4, 0.5) is 4.39 Å². The highest BCUT2D eigenvalue weighted by Gasteiger charge is 2.21. The average Bonchev–Trinajstić information content (AvgIpc) is 3.12. The van der Waals surface area contributed by atoms with Crippen LogP contribution in [0.1, 0.15) is 35.6 Å². The fourth-order valence-electron chi connectivity index (χ4n) is 3.72. The van der Waals surface area contributed by atoms with Crippen LogP contribution in [0.25, 0.3) is 5.69 Å². The number of benzene rings is 2. The van der Waals surface area contributed by atoms with Crippen LogP contribution >= 0.6 is 0 Å². The number of hydrogen-bond acceptors (Lipinski definition) is 4. The van der Waals surface area contributed by atoms with Crippen molar-refractivity contribution in [3.05, 3.63) is 71.3 Å². The molecule has 4 rings (SSSR count). The number of phenols is 1. The molecule has 27 heavy (non-hydrogen) atoms. The second-order valence-corrected chi connectivity index (χ2v) is 7.25. The van der Waals surface area contributed by atoms with Crippen molar-refractivity contribution in [3.8, 4) is 11.4 Å². The molecule has 0 saturated carbocycles. The molecule has 1 fully saturated rings. The SMILES string of the molecule is Cc1ccc(F)c(-n2cc(CN3CCC(c4cccc(O)c4)CC3)nn2)c1. The third-order valence-electron chi connectivity index (χ3n) is 5.20. The Kier molecular flexibility index (Phi) is 4.90. The van der Waals surface area contributed by atoms with Crippen LogP contribution in [0.5, 0.6) is 5.75 Å². The Morgan fingerprint density at radius 3 is 2.74 bits per heavy atom. The zero-order valence-electron chi connectivity index (χ0n) is 15.3. The normalized spacial score (nSPS) is 15.9. The molecule has 1 aliphatic rings. The van der Waals surface area contributed by atoms with E-state index in [1.165, 1.54) is 16.3 Å². The van der Waals surface area contributed by atoms with Gasteiger partial charge in [-0.05, 0) is 74.2 Å². The first-order valence-corrected chi connectivity index (χ1v) is 9.27. The maximum atomic E-state index is 14.0. The van der Waals surface area contributed by atoms with Crippen LogP contribution in [0.3, 0.4) is 0 Å². The van der Waals surface area contributed by atoms with E-state index in [-0.39, 0.29) is 5.82 Å². The highest BCUT2D eigenvalue weighted by atomic mass is 19.1. The van der Waals surface area contributed by atoms with E-state index in [9.17, 15) is 9.50 Å². The number of likely N-dealkylation sites (tertiary alicyclic amines) is 1. The molecular formula is C21H23FN4O. The Morgan fingerprint density at radius 2 is 1.96 bits per heavy atom. The lowest BCUT2D eigenvalue weighted by Crippen LogP contribution is -2.32. The zero-order chi connectivity index (χ0) is 18.8. The van der Waals surface area contributed by atoms with Gasteiger partial charge in [-0.25, -0.2) is 9.07 Å². The lowest BCUT2D eigenvalue weighted by atomic mass is 9.89. The molecule has 3 aromatic rings. The van der Waals surface area contributed by atoms with Gasteiger partial charge in [0.1, 0.15) is 17.3 Å². The minimum atomic E-state index is -0.302. The number of halogens is 1. The summed E-state index contributed by atoms with van der Waals surface area (Å²) in [6.45, 7) is 4.57. The molecule has 1 aliphatic heterocycles. The predicted octanol–water partition coefficient (Wildman–Crippen LogP) is 3.80. The molecule has 6 heteroatoms. The summed E-state index contributed by atoms with van der Waals surface area (Å²) in [6, 6.07) is 12.5. The predicted molar refractivity (Wildman–Crippen MR) is 101 cm³/mol. The van der Waals surface area contributed by atoms with Crippen molar-refractivity contribution in [3.63, 3.8) is 0 Å². The highest BCUT2D eigenvalue weighted by molar-refractivity contribution is 5.36. The molecule has 0 unspecified atom stereocenters. The Balaban J connectivity index is 1.38. The Bertz CT molecular complexity index is 931. The molecule has 0 bridgehead atoms. The minimum Gasteiger partial charge on any atom is -0.508 e. The third-order valence-corrected chi connectivity index (χ3v) is 5.20. The number of phenolic OH excluding ortho intramolecular Hbond substituents is 1. The van der Waals surface area contributed by atoms with Gasteiger partial charge >= 0.3 is 0 Å². The van der Waals surface area contributed by atoms with E-state index < -0.39 is 0 Å². The molecule has 1 aromatic heterocycles. The smallest absolute Gasteiger partial charge is 0.148 e. The topological polar surface area (TPSA) is 54.2 Å². The van der Waals surface area contributed by atoms with Crippen LogP contribution in [0.2, 0.25) is 0 Å². The fraction of sp³-hybridized carbons (Fsp3) is 0.333. The summed E-state index contributed by atoms with van der Waals surface area (Å²) in [5, 5.41) is 18.0. The minimum absolute atomic E-state index is 0.302. The fourth-order valence-corrected chi connectivity index (χ4v) is 3.72. The monoisotopic (exact) mass is 366 g/mol. The van der Waals surface area contributed by atoms with Crippen molar-refractivity contribution >= 4 is 0 Å². The largest absolute Gasteiger partial charge is 0.508 e. The molecule has 0 amide bonds. The Labute approximate surface area is 158 Å². The van der Waals surface area contributed by atoms with E-state index in [2.05, 4.69) is 21.3 Å². The molecule has 0 spiro atoms. The van der Waals surface area contributed by atoms with Crippen LogP contribution in [-0.2, 0) is 6.54 Å². The van der Waals surface area contributed by atoms with E-state index in [0.717, 1.165) is 37.2 Å². The molecule has 0 atom stereocenters. The summed E-state index contributed by atoms with van der Waals surface area (Å²) in [6.07, 6.45) is 3.90. The number of aromatic hydroxyl groups is 1. The van der Waals surface area contributed by atoms with Crippen LogP contribution in [0.15, 0.2) is 48.7 Å². The van der Waals surface area contributed by atoms with Gasteiger partial charge in [0.25, 0.3) is 0 Å². The number of nitrogens with zero attached hydrogens (tertiary/aromatic N) is 4. The second-order valence-electron chi connectivity index (χ2n) is 7.25. The number of hydrogen-bond donors (Lipinski definition) is 1. The lowest BCUT2D eigenvalue weighted by Gasteiger charge is -2.31. The van der Waals surface area contributed by atoms with Crippen molar-refractivity contribution < 1.29 is 9.50 Å². The maximum Gasteiger partial charge on any atom is 0.148 e. The maximum absolute atomic E-state index is 14.0. The van der Waals surface area contributed by atoms with Gasteiger partial charge in [-0.15, -0.1) is 5.10 Å². The van der Waals surface area contributed by atoms with Gasteiger partial charge in [-0.3, -0.25) is 4.90 Å². The van der Waals surface area contributed by atoms with Gasteiger partial charge in [0.05, 0.1) is 11.9 Å². The summed E-state index contributed by atoms with van der Waals surface area (Å²) in [4.78, 5) is 2.35. The quantitative estimate of drug-likeness (QED) is 0.763. The number of piperidine rings is 1. The van der Waals surface area contributed by atoms with Crippen molar-refractivity contribution in [2.24, 2.45) is 0 Å². The lowest BCUT2D eigenvalue weighted by molar-refractivity contribution is 0.202. The van der Waals surface area contributed by atoms with Crippen LogP contribution < -0.4 is 0 Å². The number of aryl methyl sites for hydroxylation is 1. The summed E-state index contributed by atoms with van der Waals surface area (Å²) in [5.74, 6) is 0.504. The Morgan fingerprint density at radius 1 is 1.15 bits per heavy atom. The summed E-state index contributed by atoms with van der Waals surface area (Å²) in [5.41, 5.74) is 3.45. The highest BCUT2D eigenvalue weighted by Crippen LogP contribution is 2.30. The van der Waals surface area contributed by atoms with Crippen molar-refractivity contribution in [2.45, 2.75) is 32.2 Å². The van der Waals surface area contributed by atoms with Crippen LogP contribution in [-0.4, -0.2) is 38.1 Å².